The SMILES string of the molecule is CCOC(=O)c1c(NS(=O)(=O)c2cc(C)c(C)cc2OC)sc2c1CCCC2. The maximum Gasteiger partial charge on any atom is 0.341 e. The van der Waals surface area contributed by atoms with Gasteiger partial charge in [-0.05, 0) is 75.3 Å². The third-order valence-corrected chi connectivity index (χ3v) is 7.65. The van der Waals surface area contributed by atoms with Gasteiger partial charge in [-0.2, -0.15) is 0 Å². The summed E-state index contributed by atoms with van der Waals surface area (Å²) in [6.07, 6.45) is 3.62. The highest BCUT2D eigenvalue weighted by Crippen LogP contribution is 2.40. The van der Waals surface area contributed by atoms with E-state index in [0.717, 1.165) is 47.3 Å². The third-order valence-electron chi connectivity index (χ3n) is 4.95. The zero-order valence-corrected chi connectivity index (χ0v) is 18.2. The molecule has 0 fully saturated rings. The Hall–Kier alpha value is -2.06. The Kier molecular flexibility index (Phi) is 6.00. The van der Waals surface area contributed by atoms with Crippen LogP contribution >= 0.6 is 11.3 Å². The maximum atomic E-state index is 13.2. The first-order valence-electron chi connectivity index (χ1n) is 9.28. The molecule has 0 spiro atoms. The highest BCUT2D eigenvalue weighted by molar-refractivity contribution is 7.93. The Morgan fingerprint density at radius 3 is 2.54 bits per heavy atom. The lowest BCUT2D eigenvalue weighted by molar-refractivity contribution is 0.0526. The van der Waals surface area contributed by atoms with Crippen LogP contribution in [0.5, 0.6) is 5.75 Å². The molecule has 8 heteroatoms. The van der Waals surface area contributed by atoms with E-state index in [0.29, 0.717) is 10.6 Å². The zero-order chi connectivity index (χ0) is 20.5. The maximum absolute atomic E-state index is 13.2. The van der Waals surface area contributed by atoms with Crippen LogP contribution in [0.3, 0.4) is 0 Å². The summed E-state index contributed by atoms with van der Waals surface area (Å²) in [6, 6.07) is 3.30. The van der Waals surface area contributed by atoms with Gasteiger partial charge < -0.3 is 9.47 Å². The van der Waals surface area contributed by atoms with Crippen molar-refractivity contribution >= 4 is 32.3 Å². The third kappa shape index (κ3) is 3.89. The van der Waals surface area contributed by atoms with Crippen molar-refractivity contribution in [2.75, 3.05) is 18.4 Å². The quantitative estimate of drug-likeness (QED) is 0.703. The Labute approximate surface area is 169 Å². The first-order valence-corrected chi connectivity index (χ1v) is 11.6. The molecule has 1 aromatic carbocycles. The topological polar surface area (TPSA) is 81.7 Å². The minimum atomic E-state index is -3.94. The van der Waals surface area contributed by atoms with E-state index >= 15 is 0 Å². The van der Waals surface area contributed by atoms with E-state index < -0.39 is 16.0 Å². The number of methoxy groups -OCH3 is 1. The molecule has 1 aliphatic carbocycles. The Morgan fingerprint density at radius 2 is 1.86 bits per heavy atom. The van der Waals surface area contributed by atoms with Crippen LogP contribution in [0, 0.1) is 13.8 Å². The summed E-state index contributed by atoms with van der Waals surface area (Å²) >= 11 is 1.33. The van der Waals surface area contributed by atoms with E-state index in [4.69, 9.17) is 9.47 Å². The Morgan fingerprint density at radius 1 is 1.18 bits per heavy atom. The molecule has 2 aromatic rings. The summed E-state index contributed by atoms with van der Waals surface area (Å²) in [5.41, 5.74) is 3.05. The van der Waals surface area contributed by atoms with Crippen molar-refractivity contribution in [1.82, 2.24) is 0 Å². The van der Waals surface area contributed by atoms with Crippen LogP contribution in [0.1, 0.15) is 51.7 Å². The van der Waals surface area contributed by atoms with Gasteiger partial charge in [-0.1, -0.05) is 0 Å². The fourth-order valence-electron chi connectivity index (χ4n) is 3.37. The summed E-state index contributed by atoms with van der Waals surface area (Å²) in [4.78, 5) is 13.7. The molecule has 152 valence electrons. The Balaban J connectivity index is 2.07. The molecule has 1 aromatic heterocycles. The van der Waals surface area contributed by atoms with Gasteiger partial charge in [0.2, 0.25) is 0 Å². The van der Waals surface area contributed by atoms with Crippen molar-refractivity contribution in [3.8, 4) is 5.75 Å². The molecule has 0 saturated carbocycles. The molecule has 6 nitrogen and oxygen atoms in total. The van der Waals surface area contributed by atoms with Gasteiger partial charge in [-0.15, -0.1) is 11.3 Å². The average Bonchev–Trinajstić information content (AvgIpc) is 3.00. The number of esters is 1. The minimum Gasteiger partial charge on any atom is -0.495 e. The van der Waals surface area contributed by atoms with Gasteiger partial charge >= 0.3 is 5.97 Å². The number of rotatable bonds is 6. The van der Waals surface area contributed by atoms with Gasteiger partial charge in [0, 0.05) is 4.88 Å². The van der Waals surface area contributed by atoms with Crippen molar-refractivity contribution in [2.24, 2.45) is 0 Å². The molecule has 0 radical (unpaired) electrons. The molecule has 0 aliphatic heterocycles. The number of ether oxygens (including phenoxy) is 2. The summed E-state index contributed by atoms with van der Waals surface area (Å²) < 4.78 is 39.4. The molecule has 0 amide bonds. The summed E-state index contributed by atoms with van der Waals surface area (Å²) in [5, 5.41) is 0.325. The number of fused-ring (bicyclic) bond motifs is 1. The smallest absolute Gasteiger partial charge is 0.341 e. The second-order valence-corrected chi connectivity index (χ2v) is 9.58. The van der Waals surface area contributed by atoms with Crippen LogP contribution in [0.25, 0.3) is 0 Å². The fourth-order valence-corrected chi connectivity index (χ4v) is 6.19. The molecular weight excluding hydrogens is 398 g/mol. The summed E-state index contributed by atoms with van der Waals surface area (Å²) in [6.45, 7) is 5.72. The van der Waals surface area contributed by atoms with Crippen molar-refractivity contribution in [2.45, 2.75) is 51.3 Å². The number of benzene rings is 1. The lowest BCUT2D eigenvalue weighted by Crippen LogP contribution is -2.17. The number of nitrogens with one attached hydrogen (secondary N) is 1. The number of anilines is 1. The van der Waals surface area contributed by atoms with Crippen LogP contribution in [-0.2, 0) is 27.6 Å². The van der Waals surface area contributed by atoms with E-state index in [-0.39, 0.29) is 17.3 Å². The van der Waals surface area contributed by atoms with Crippen LogP contribution in [-0.4, -0.2) is 28.1 Å². The minimum absolute atomic E-state index is 0.0549. The number of carbonyl (C=O) groups is 1. The molecule has 0 saturated heterocycles. The predicted octanol–water partition coefficient (Wildman–Crippen LogP) is 4.23. The van der Waals surface area contributed by atoms with E-state index in [2.05, 4.69) is 4.72 Å². The van der Waals surface area contributed by atoms with Crippen molar-refractivity contribution in [3.63, 3.8) is 0 Å². The van der Waals surface area contributed by atoms with Gasteiger partial charge in [-0.3, -0.25) is 4.72 Å². The molecule has 1 heterocycles. The number of carbonyl (C=O) groups excluding carboxylic acids is 1. The first-order chi connectivity index (χ1) is 13.3. The van der Waals surface area contributed by atoms with Crippen molar-refractivity contribution < 1.29 is 22.7 Å². The van der Waals surface area contributed by atoms with E-state index in [9.17, 15) is 13.2 Å². The summed E-state index contributed by atoms with van der Waals surface area (Å²) in [5.74, 6) is -0.207. The van der Waals surface area contributed by atoms with Gasteiger partial charge in [0.15, 0.2) is 0 Å². The largest absolute Gasteiger partial charge is 0.495 e. The Bertz CT molecular complexity index is 1010. The van der Waals surface area contributed by atoms with Gasteiger partial charge in [-0.25, -0.2) is 13.2 Å². The highest BCUT2D eigenvalue weighted by Gasteiger charge is 2.30. The monoisotopic (exact) mass is 423 g/mol. The normalized spacial score (nSPS) is 13.7. The van der Waals surface area contributed by atoms with E-state index in [1.807, 2.05) is 13.8 Å². The molecule has 1 aliphatic rings. The molecular formula is C20H25NO5S2. The number of sulfonamides is 1. The number of aryl methyl sites for hydroxylation is 3. The van der Waals surface area contributed by atoms with E-state index in [1.165, 1.54) is 18.4 Å². The van der Waals surface area contributed by atoms with E-state index in [1.54, 1.807) is 19.1 Å². The standard InChI is InChI=1S/C20H25NO5S2/c1-5-26-20(22)18-14-8-6-7-9-16(14)27-19(18)21-28(23,24)17-11-13(3)12(2)10-15(17)25-4/h10-11,21H,5-9H2,1-4H3. The van der Waals surface area contributed by atoms with Crippen LogP contribution < -0.4 is 9.46 Å². The zero-order valence-electron chi connectivity index (χ0n) is 16.5. The number of thiophene rings is 1. The molecule has 0 atom stereocenters. The second kappa shape index (κ2) is 8.13. The number of hydrogen-bond donors (Lipinski definition) is 1. The van der Waals surface area contributed by atoms with Gasteiger partial charge in [0.05, 0.1) is 19.3 Å². The molecule has 28 heavy (non-hydrogen) atoms. The molecule has 3 rings (SSSR count). The van der Waals surface area contributed by atoms with Crippen molar-refractivity contribution in [1.29, 1.82) is 0 Å². The first kappa shape index (κ1) is 20.7. The van der Waals surface area contributed by atoms with Gasteiger partial charge in [0.25, 0.3) is 10.0 Å². The van der Waals surface area contributed by atoms with Crippen molar-refractivity contribution in [3.05, 3.63) is 39.3 Å². The van der Waals surface area contributed by atoms with Crippen LogP contribution in [0.15, 0.2) is 17.0 Å². The lowest BCUT2D eigenvalue weighted by atomic mass is 9.95. The molecule has 0 bridgehead atoms. The molecule has 1 N–H and O–H groups in total. The average molecular weight is 424 g/mol. The molecule has 0 unspecified atom stereocenters. The fraction of sp³-hybridized carbons (Fsp3) is 0.450. The second-order valence-electron chi connectivity index (χ2n) is 6.83. The highest BCUT2D eigenvalue weighted by atomic mass is 32.2. The van der Waals surface area contributed by atoms with Crippen LogP contribution in [0.2, 0.25) is 0 Å². The van der Waals surface area contributed by atoms with Crippen LogP contribution in [0.4, 0.5) is 5.00 Å². The lowest BCUT2D eigenvalue weighted by Gasteiger charge is -2.14. The van der Waals surface area contributed by atoms with Gasteiger partial charge in [0.1, 0.15) is 15.6 Å². The predicted molar refractivity (Wildman–Crippen MR) is 110 cm³/mol. The summed E-state index contributed by atoms with van der Waals surface area (Å²) in [7, 11) is -2.50. The number of hydrogen-bond acceptors (Lipinski definition) is 6.